The minimum absolute atomic E-state index is 0.0107. The Bertz CT molecular complexity index is 661. The molecule has 0 spiro atoms. The number of halogens is 1. The lowest BCUT2D eigenvalue weighted by molar-refractivity contribution is 0.305. The van der Waals surface area contributed by atoms with Crippen molar-refractivity contribution in [2.45, 2.75) is 13.3 Å². The summed E-state index contributed by atoms with van der Waals surface area (Å²) in [6.07, 6.45) is 0.321. The first-order chi connectivity index (χ1) is 9.44. The Kier molecular flexibility index (Phi) is 4.31. The van der Waals surface area contributed by atoms with E-state index in [9.17, 15) is 12.8 Å². The molecule has 0 bridgehead atoms. The molecule has 0 radical (unpaired) electrons. The quantitative estimate of drug-likeness (QED) is 0.838. The van der Waals surface area contributed by atoms with Crippen LogP contribution >= 0.6 is 0 Å². The molecule has 4 nitrogen and oxygen atoms in total. The third kappa shape index (κ3) is 3.11. The first kappa shape index (κ1) is 14.8. The second-order valence-electron chi connectivity index (χ2n) is 4.86. The Morgan fingerprint density at radius 1 is 1.50 bits per heavy atom. The van der Waals surface area contributed by atoms with Crippen molar-refractivity contribution in [3.8, 4) is 11.8 Å². The first-order valence-corrected chi connectivity index (χ1v) is 7.94. The van der Waals surface area contributed by atoms with Crippen LogP contribution in [-0.4, -0.2) is 32.4 Å². The number of hydrogen-bond acceptors (Lipinski definition) is 3. The highest BCUT2D eigenvalue weighted by molar-refractivity contribution is 7.93. The lowest BCUT2D eigenvalue weighted by Gasteiger charge is -2.17. The van der Waals surface area contributed by atoms with Crippen LogP contribution in [0.4, 0.5) is 10.1 Å². The second kappa shape index (κ2) is 5.81. The predicted octanol–water partition coefficient (Wildman–Crippen LogP) is 1.35. The predicted molar refractivity (Wildman–Crippen MR) is 75.3 cm³/mol. The van der Waals surface area contributed by atoms with Crippen LogP contribution in [0.3, 0.4) is 0 Å². The first-order valence-electron chi connectivity index (χ1n) is 6.34. The molecule has 1 fully saturated rings. The van der Waals surface area contributed by atoms with Crippen LogP contribution < -0.4 is 4.31 Å². The number of anilines is 1. The Morgan fingerprint density at radius 3 is 2.80 bits per heavy atom. The minimum atomic E-state index is -3.42. The molecule has 1 aliphatic rings. The summed E-state index contributed by atoms with van der Waals surface area (Å²) < 4.78 is 39.0. The molecule has 108 valence electrons. The highest BCUT2D eigenvalue weighted by Crippen LogP contribution is 2.29. The van der Waals surface area contributed by atoms with Crippen molar-refractivity contribution < 1.29 is 17.9 Å². The van der Waals surface area contributed by atoms with E-state index in [0.29, 0.717) is 18.5 Å². The number of nitrogens with zero attached hydrogens (tertiary/aromatic N) is 1. The molecule has 1 aliphatic heterocycles. The molecule has 20 heavy (non-hydrogen) atoms. The van der Waals surface area contributed by atoms with Crippen molar-refractivity contribution in [1.29, 1.82) is 0 Å². The molecular weight excluding hydrogens is 281 g/mol. The summed E-state index contributed by atoms with van der Waals surface area (Å²) in [5.74, 6) is 4.84. The van der Waals surface area contributed by atoms with E-state index in [-0.39, 0.29) is 24.0 Å². The molecule has 1 heterocycles. The molecule has 1 saturated heterocycles. The fourth-order valence-corrected chi connectivity index (χ4v) is 4.09. The summed E-state index contributed by atoms with van der Waals surface area (Å²) in [7, 11) is -3.42. The molecule has 1 N–H and O–H groups in total. The van der Waals surface area contributed by atoms with Crippen molar-refractivity contribution in [3.05, 3.63) is 29.6 Å². The Hall–Kier alpha value is -1.58. The molecule has 0 saturated carbocycles. The van der Waals surface area contributed by atoms with Crippen LogP contribution in [0.2, 0.25) is 0 Å². The van der Waals surface area contributed by atoms with Crippen LogP contribution in [0.5, 0.6) is 0 Å². The topological polar surface area (TPSA) is 57.6 Å². The summed E-state index contributed by atoms with van der Waals surface area (Å²) in [6.45, 7) is 2.08. The maximum atomic E-state index is 14.1. The van der Waals surface area contributed by atoms with Gasteiger partial charge in [0.05, 0.1) is 18.0 Å². The fourth-order valence-electron chi connectivity index (χ4n) is 2.15. The van der Waals surface area contributed by atoms with Crippen molar-refractivity contribution in [3.63, 3.8) is 0 Å². The molecule has 1 aromatic carbocycles. The summed E-state index contributed by atoms with van der Waals surface area (Å²) in [5.41, 5.74) is 0.534. The SMILES string of the molecule is CC1CN(c2ccc(C#CCCO)cc2F)S(=O)(=O)C1. The van der Waals surface area contributed by atoms with Gasteiger partial charge < -0.3 is 5.11 Å². The largest absolute Gasteiger partial charge is 0.395 e. The molecule has 1 atom stereocenters. The zero-order valence-electron chi connectivity index (χ0n) is 11.1. The Labute approximate surface area is 118 Å². The van der Waals surface area contributed by atoms with Gasteiger partial charge >= 0.3 is 0 Å². The van der Waals surface area contributed by atoms with E-state index in [1.807, 2.05) is 6.92 Å². The van der Waals surface area contributed by atoms with Gasteiger partial charge in [-0.15, -0.1) is 0 Å². The van der Waals surface area contributed by atoms with E-state index in [4.69, 9.17) is 5.11 Å². The van der Waals surface area contributed by atoms with Gasteiger partial charge in [-0.1, -0.05) is 18.8 Å². The van der Waals surface area contributed by atoms with Crippen molar-refractivity contribution in [2.75, 3.05) is 23.2 Å². The van der Waals surface area contributed by atoms with E-state index in [2.05, 4.69) is 11.8 Å². The number of rotatable bonds is 2. The van der Waals surface area contributed by atoms with Gasteiger partial charge in [-0.3, -0.25) is 4.31 Å². The van der Waals surface area contributed by atoms with E-state index in [1.54, 1.807) is 6.07 Å². The number of hydrogen-bond donors (Lipinski definition) is 1. The van der Waals surface area contributed by atoms with E-state index in [0.717, 1.165) is 4.31 Å². The monoisotopic (exact) mass is 297 g/mol. The van der Waals surface area contributed by atoms with Gasteiger partial charge in [-0.25, -0.2) is 12.8 Å². The molecule has 0 aromatic heterocycles. The lowest BCUT2D eigenvalue weighted by atomic mass is 10.1. The summed E-state index contributed by atoms with van der Waals surface area (Å²) >= 11 is 0. The van der Waals surface area contributed by atoms with Crippen LogP contribution in [0.25, 0.3) is 0 Å². The Balaban J connectivity index is 2.30. The standard InChI is InChI=1S/C14H16FNO3S/c1-11-9-16(20(18,19)10-11)14-6-5-12(8-13(14)15)4-2-3-7-17/h5-6,8,11,17H,3,7,9-10H2,1H3. The van der Waals surface area contributed by atoms with Gasteiger partial charge in [0.15, 0.2) is 0 Å². The molecule has 1 aromatic rings. The number of benzene rings is 1. The van der Waals surface area contributed by atoms with Crippen molar-refractivity contribution in [2.24, 2.45) is 5.92 Å². The average molecular weight is 297 g/mol. The molecule has 1 unspecified atom stereocenters. The van der Waals surface area contributed by atoms with E-state index in [1.165, 1.54) is 12.1 Å². The third-order valence-electron chi connectivity index (χ3n) is 2.99. The smallest absolute Gasteiger partial charge is 0.235 e. The molecule has 0 aliphatic carbocycles. The van der Waals surface area contributed by atoms with Gasteiger partial charge in [0.1, 0.15) is 5.82 Å². The number of aliphatic hydroxyl groups excluding tert-OH is 1. The normalized spacial score (nSPS) is 20.6. The van der Waals surface area contributed by atoms with Gasteiger partial charge in [-0.2, -0.15) is 0 Å². The maximum absolute atomic E-state index is 14.1. The minimum Gasteiger partial charge on any atom is -0.395 e. The fraction of sp³-hybridized carbons (Fsp3) is 0.429. The van der Waals surface area contributed by atoms with Gasteiger partial charge in [0.25, 0.3) is 0 Å². The van der Waals surface area contributed by atoms with Crippen molar-refractivity contribution >= 4 is 15.7 Å². The molecular formula is C14H16FNO3S. The lowest BCUT2D eigenvalue weighted by Crippen LogP contribution is -2.26. The zero-order chi connectivity index (χ0) is 14.8. The van der Waals surface area contributed by atoms with Crippen LogP contribution in [0, 0.1) is 23.6 Å². The van der Waals surface area contributed by atoms with Gasteiger partial charge in [-0.05, 0) is 24.1 Å². The van der Waals surface area contributed by atoms with Gasteiger partial charge in [0.2, 0.25) is 10.0 Å². The van der Waals surface area contributed by atoms with Crippen LogP contribution in [-0.2, 0) is 10.0 Å². The highest BCUT2D eigenvalue weighted by Gasteiger charge is 2.35. The number of sulfonamides is 1. The second-order valence-corrected chi connectivity index (χ2v) is 6.79. The van der Waals surface area contributed by atoms with Crippen molar-refractivity contribution in [1.82, 2.24) is 0 Å². The molecule has 0 amide bonds. The van der Waals surface area contributed by atoms with Crippen LogP contribution in [0.1, 0.15) is 18.9 Å². The van der Waals surface area contributed by atoms with E-state index < -0.39 is 15.8 Å². The average Bonchev–Trinajstić information content (AvgIpc) is 2.63. The Morgan fingerprint density at radius 2 is 2.25 bits per heavy atom. The zero-order valence-corrected chi connectivity index (χ0v) is 12.0. The summed E-state index contributed by atoms with van der Waals surface area (Å²) in [5, 5.41) is 8.62. The maximum Gasteiger partial charge on any atom is 0.235 e. The molecule has 6 heteroatoms. The summed E-state index contributed by atoms with van der Waals surface area (Å²) in [6, 6.07) is 4.24. The highest BCUT2D eigenvalue weighted by atomic mass is 32.2. The van der Waals surface area contributed by atoms with Crippen LogP contribution in [0.15, 0.2) is 18.2 Å². The van der Waals surface area contributed by atoms with E-state index >= 15 is 0 Å². The molecule has 2 rings (SSSR count). The summed E-state index contributed by atoms with van der Waals surface area (Å²) in [4.78, 5) is 0. The number of aliphatic hydroxyl groups is 1. The van der Waals surface area contributed by atoms with Gasteiger partial charge in [0, 0.05) is 18.5 Å². The third-order valence-corrected chi connectivity index (χ3v) is 5.00.